The van der Waals surface area contributed by atoms with E-state index >= 15 is 0 Å². The Bertz CT molecular complexity index is 740. The summed E-state index contributed by atoms with van der Waals surface area (Å²) in [6.45, 7) is 2.50. The van der Waals surface area contributed by atoms with Crippen molar-refractivity contribution in [3.8, 4) is 0 Å². The molecule has 136 valence electrons. The Kier molecular flexibility index (Phi) is 7.74. The molecular formula is C21H24ClN3S. The number of fused-ring (bicyclic) bond motifs is 1. The van der Waals surface area contributed by atoms with E-state index in [0.29, 0.717) is 0 Å². The van der Waals surface area contributed by atoms with Gasteiger partial charge < -0.3 is 5.32 Å². The summed E-state index contributed by atoms with van der Waals surface area (Å²) in [5, 5.41) is 3.96. The van der Waals surface area contributed by atoms with Gasteiger partial charge in [-0.2, -0.15) is 11.8 Å². The maximum atomic E-state index is 5.90. The highest BCUT2D eigenvalue weighted by molar-refractivity contribution is 8.06. The molecule has 2 aromatic carbocycles. The van der Waals surface area contributed by atoms with Crippen LogP contribution in [0.15, 0.2) is 58.5 Å². The molecule has 0 radical (unpaired) electrons. The molecule has 0 saturated carbocycles. The first-order valence-electron chi connectivity index (χ1n) is 9.06. The number of hydrogen-bond acceptors (Lipinski definition) is 4. The van der Waals surface area contributed by atoms with Crippen LogP contribution in [-0.2, 0) is 0 Å². The van der Waals surface area contributed by atoms with Gasteiger partial charge in [-0.25, -0.2) is 0 Å². The van der Waals surface area contributed by atoms with Crippen LogP contribution >= 0.6 is 23.4 Å². The van der Waals surface area contributed by atoms with Gasteiger partial charge in [0.25, 0.3) is 0 Å². The highest BCUT2D eigenvalue weighted by Crippen LogP contribution is 2.30. The van der Waals surface area contributed by atoms with Gasteiger partial charge in [0, 0.05) is 29.2 Å². The minimum Gasteiger partial charge on any atom is -0.317 e. The van der Waals surface area contributed by atoms with Gasteiger partial charge in [0.15, 0.2) is 0 Å². The number of benzene rings is 2. The van der Waals surface area contributed by atoms with Crippen LogP contribution in [0.25, 0.3) is 0 Å². The molecule has 0 aromatic heterocycles. The highest BCUT2D eigenvalue weighted by atomic mass is 35.5. The highest BCUT2D eigenvalue weighted by Gasteiger charge is 2.08. The minimum atomic E-state index is 0.732. The molecule has 3 aliphatic heterocycles. The van der Waals surface area contributed by atoms with E-state index in [1.807, 2.05) is 66.5 Å². The van der Waals surface area contributed by atoms with E-state index in [0.717, 1.165) is 34.1 Å². The smallest absolute Gasteiger partial charge is 0.0889 e. The van der Waals surface area contributed by atoms with Crippen LogP contribution < -0.4 is 5.32 Å². The lowest BCUT2D eigenvalue weighted by atomic mass is 10.1. The van der Waals surface area contributed by atoms with Crippen LogP contribution in [0.2, 0.25) is 5.02 Å². The van der Waals surface area contributed by atoms with Crippen LogP contribution in [0, 0.1) is 0 Å². The Balaban J connectivity index is 0.000000201. The average Bonchev–Trinajstić information content (AvgIpc) is 3.47. The third-order valence-electron chi connectivity index (χ3n) is 3.99. The number of nitrogens with one attached hydrogen (secondary N) is 1. The molecule has 26 heavy (non-hydrogen) atoms. The molecule has 2 saturated heterocycles. The minimum absolute atomic E-state index is 0.732. The van der Waals surface area contributed by atoms with Gasteiger partial charge in [-0.1, -0.05) is 35.9 Å². The van der Waals surface area contributed by atoms with Crippen molar-refractivity contribution < 1.29 is 0 Å². The van der Waals surface area contributed by atoms with Gasteiger partial charge in [0.05, 0.1) is 17.1 Å². The van der Waals surface area contributed by atoms with E-state index < -0.39 is 0 Å². The molecule has 5 heteroatoms. The third-order valence-corrected chi connectivity index (χ3v) is 4.65. The Hall–Kier alpha value is -1.62. The largest absolute Gasteiger partial charge is 0.317 e. The fourth-order valence-electron chi connectivity index (χ4n) is 2.54. The molecule has 3 aliphatic rings. The number of hydrogen-bond donors (Lipinski definition) is 1. The fourth-order valence-corrected chi connectivity index (χ4v) is 2.67. The molecule has 0 bridgehead atoms. The van der Waals surface area contributed by atoms with Gasteiger partial charge in [-0.15, -0.1) is 0 Å². The summed E-state index contributed by atoms with van der Waals surface area (Å²) in [5.41, 5.74) is 3.93. The van der Waals surface area contributed by atoms with Crippen molar-refractivity contribution in [2.24, 2.45) is 9.98 Å². The van der Waals surface area contributed by atoms with Gasteiger partial charge >= 0.3 is 0 Å². The molecule has 0 aliphatic carbocycles. The zero-order valence-electron chi connectivity index (χ0n) is 14.8. The average molecular weight is 386 g/mol. The molecule has 3 heterocycles. The number of aliphatic imine (C=N–C) groups is 2. The second kappa shape index (κ2) is 10.5. The summed E-state index contributed by atoms with van der Waals surface area (Å²) in [6, 6.07) is 15.6. The summed E-state index contributed by atoms with van der Waals surface area (Å²) in [7, 11) is 0. The van der Waals surface area contributed by atoms with Gasteiger partial charge in [0.1, 0.15) is 0 Å². The Morgan fingerprint density at radius 2 is 1.54 bits per heavy atom. The topological polar surface area (TPSA) is 36.8 Å². The third kappa shape index (κ3) is 6.60. The van der Waals surface area contributed by atoms with Gasteiger partial charge in [-0.05, 0) is 55.8 Å². The van der Waals surface area contributed by atoms with Crippen LogP contribution in [-0.4, -0.2) is 36.5 Å². The van der Waals surface area contributed by atoms with E-state index in [1.165, 1.54) is 37.4 Å². The Morgan fingerprint density at radius 3 is 2.12 bits per heavy atom. The quantitative estimate of drug-likeness (QED) is 0.642. The first kappa shape index (κ1) is 19.2. The predicted octanol–water partition coefficient (Wildman–Crippen LogP) is 5.67. The number of thioether (sulfide) groups is 1. The summed E-state index contributed by atoms with van der Waals surface area (Å²) < 4.78 is 0. The van der Waals surface area contributed by atoms with Crippen molar-refractivity contribution in [1.29, 1.82) is 0 Å². The summed E-state index contributed by atoms with van der Waals surface area (Å²) in [5.74, 6) is 2.83. The second-order valence-corrected chi connectivity index (χ2v) is 7.80. The molecular weight excluding hydrogens is 362 g/mol. The molecule has 5 rings (SSSR count). The molecule has 3 nitrogen and oxygen atoms in total. The number of halogens is 1. The molecule has 0 unspecified atom stereocenters. The lowest BCUT2D eigenvalue weighted by Crippen LogP contribution is -2.03. The summed E-state index contributed by atoms with van der Waals surface area (Å²) >= 11 is 7.90. The first-order chi connectivity index (χ1) is 12.8. The summed E-state index contributed by atoms with van der Waals surface area (Å²) in [6.07, 6.45) is 5.41. The lowest BCUT2D eigenvalue weighted by molar-refractivity contribution is 0.857. The fraction of sp³-hybridized carbons (Fsp3) is 0.333. The molecule has 2 fully saturated rings. The monoisotopic (exact) mass is 385 g/mol. The Morgan fingerprint density at radius 1 is 0.885 bits per heavy atom. The number of rotatable bonds is 1. The molecule has 1 N–H and O–H groups in total. The van der Waals surface area contributed by atoms with E-state index in [9.17, 15) is 0 Å². The van der Waals surface area contributed by atoms with Crippen molar-refractivity contribution >= 4 is 46.7 Å². The van der Waals surface area contributed by atoms with Crippen LogP contribution in [0.5, 0.6) is 0 Å². The maximum Gasteiger partial charge on any atom is 0.0889 e. The van der Waals surface area contributed by atoms with E-state index in [4.69, 9.17) is 11.6 Å². The predicted molar refractivity (Wildman–Crippen MR) is 116 cm³/mol. The zero-order valence-corrected chi connectivity index (χ0v) is 16.4. The van der Waals surface area contributed by atoms with E-state index in [1.54, 1.807) is 0 Å². The van der Waals surface area contributed by atoms with Crippen LogP contribution in [0.3, 0.4) is 0 Å². The van der Waals surface area contributed by atoms with Crippen molar-refractivity contribution in [2.75, 3.05) is 24.6 Å². The molecule has 0 atom stereocenters. The number of nitrogens with zero attached hydrogens (tertiary/aromatic N) is 2. The van der Waals surface area contributed by atoms with Crippen molar-refractivity contribution in [1.82, 2.24) is 5.32 Å². The standard InChI is InChI=1S/C15H11ClN2.C4H9N.C2H4S/c16-12-7-5-11(6-8-12)13-9-10-17-14-3-1-2-4-15(14)18-13;1-2-4-5-3-1;1-2-3-1/h1-8,10H,9H2;5H,1-4H2;1-2H2. The maximum absolute atomic E-state index is 5.90. The zero-order chi connectivity index (χ0) is 18.0. The van der Waals surface area contributed by atoms with Gasteiger partial charge in [-0.3, -0.25) is 9.98 Å². The molecule has 0 amide bonds. The van der Waals surface area contributed by atoms with E-state index in [2.05, 4.69) is 15.3 Å². The second-order valence-electron chi connectivity index (χ2n) is 6.14. The Labute approximate surface area is 165 Å². The van der Waals surface area contributed by atoms with Crippen LogP contribution in [0.4, 0.5) is 11.4 Å². The summed E-state index contributed by atoms with van der Waals surface area (Å²) in [4.78, 5) is 9.10. The van der Waals surface area contributed by atoms with Crippen molar-refractivity contribution in [3.63, 3.8) is 0 Å². The van der Waals surface area contributed by atoms with Crippen LogP contribution in [0.1, 0.15) is 24.8 Å². The molecule has 0 spiro atoms. The van der Waals surface area contributed by atoms with Crippen molar-refractivity contribution in [3.05, 3.63) is 59.1 Å². The molecule has 2 aromatic rings. The van der Waals surface area contributed by atoms with Crippen molar-refractivity contribution in [2.45, 2.75) is 19.3 Å². The number of para-hydroxylation sites is 2. The normalized spacial score (nSPS) is 16.9. The SMILES string of the molecule is C1CCNC1.C1CS1.Clc1ccc(C2=Nc3ccccc3N=CC2)cc1. The first-order valence-corrected chi connectivity index (χ1v) is 10.6. The van der Waals surface area contributed by atoms with E-state index in [-0.39, 0.29) is 0 Å². The van der Waals surface area contributed by atoms with Gasteiger partial charge in [0.2, 0.25) is 0 Å². The lowest BCUT2D eigenvalue weighted by Gasteiger charge is -2.03.